The number of fused-ring (bicyclic) bond motifs is 1. The summed E-state index contributed by atoms with van der Waals surface area (Å²) >= 11 is 0. The summed E-state index contributed by atoms with van der Waals surface area (Å²) in [6.45, 7) is 1.91. The normalized spacial score (nSPS) is 13.7. The number of hydrogen-bond acceptors (Lipinski definition) is 4. The number of carbonyl (C=O) groups is 1. The molecule has 2 aromatic carbocycles. The summed E-state index contributed by atoms with van der Waals surface area (Å²) in [5.74, 6) is -0.915. The fraction of sp³-hybridized carbons (Fsp3) is 0.350. The second-order valence-corrected chi connectivity index (χ2v) is 8.62. The van der Waals surface area contributed by atoms with Gasteiger partial charge in [-0.1, -0.05) is 25.1 Å². The van der Waals surface area contributed by atoms with E-state index in [0.29, 0.717) is 24.3 Å². The van der Waals surface area contributed by atoms with Crippen LogP contribution >= 0.6 is 0 Å². The van der Waals surface area contributed by atoms with E-state index in [9.17, 15) is 17.6 Å². The Morgan fingerprint density at radius 2 is 2.04 bits per heavy atom. The van der Waals surface area contributed by atoms with E-state index in [1.165, 1.54) is 22.5 Å². The molecular formula is C20H23FN2O4S. The first-order valence-corrected chi connectivity index (χ1v) is 10.8. The van der Waals surface area contributed by atoms with Crippen LogP contribution in [0.25, 0.3) is 0 Å². The summed E-state index contributed by atoms with van der Waals surface area (Å²) in [5, 5.41) is 2.68. The lowest BCUT2D eigenvalue weighted by atomic mass is 10.0. The molecule has 1 aliphatic rings. The average molecular weight is 406 g/mol. The van der Waals surface area contributed by atoms with Gasteiger partial charge in [0.2, 0.25) is 10.0 Å². The third-order valence-corrected chi connectivity index (χ3v) is 6.41. The fourth-order valence-corrected chi connectivity index (χ4v) is 4.79. The lowest BCUT2D eigenvalue weighted by molar-refractivity contribution is -0.118. The maximum atomic E-state index is 13.6. The smallest absolute Gasteiger partial charge is 0.262 e. The molecule has 8 heteroatoms. The van der Waals surface area contributed by atoms with Crippen molar-refractivity contribution in [1.82, 2.24) is 0 Å². The Hall–Kier alpha value is -2.61. The van der Waals surface area contributed by atoms with Crippen molar-refractivity contribution in [3.05, 3.63) is 53.8 Å². The van der Waals surface area contributed by atoms with E-state index in [4.69, 9.17) is 4.74 Å². The molecule has 0 unspecified atom stereocenters. The van der Waals surface area contributed by atoms with E-state index in [-0.39, 0.29) is 18.1 Å². The van der Waals surface area contributed by atoms with Gasteiger partial charge in [0.1, 0.15) is 0 Å². The van der Waals surface area contributed by atoms with Crippen molar-refractivity contribution < 1.29 is 22.3 Å². The molecule has 2 aromatic rings. The number of benzene rings is 2. The molecule has 28 heavy (non-hydrogen) atoms. The zero-order valence-electron chi connectivity index (χ0n) is 15.7. The third-order valence-electron chi connectivity index (χ3n) is 4.44. The Morgan fingerprint density at radius 3 is 2.79 bits per heavy atom. The monoisotopic (exact) mass is 406 g/mol. The number of halogens is 1. The third kappa shape index (κ3) is 4.62. The van der Waals surface area contributed by atoms with Crippen LogP contribution in [0, 0.1) is 5.82 Å². The molecule has 0 aromatic heterocycles. The van der Waals surface area contributed by atoms with E-state index >= 15 is 0 Å². The quantitative estimate of drug-likeness (QED) is 0.765. The number of sulfonamides is 1. The van der Waals surface area contributed by atoms with Crippen molar-refractivity contribution in [2.45, 2.75) is 26.2 Å². The van der Waals surface area contributed by atoms with Crippen molar-refractivity contribution >= 4 is 27.3 Å². The van der Waals surface area contributed by atoms with Crippen LogP contribution in [0.1, 0.15) is 25.3 Å². The molecule has 1 N–H and O–H groups in total. The summed E-state index contributed by atoms with van der Waals surface area (Å²) in [6.07, 6.45) is 2.09. The van der Waals surface area contributed by atoms with Gasteiger partial charge in [0, 0.05) is 12.2 Å². The molecule has 1 heterocycles. The minimum Gasteiger partial charge on any atom is -0.481 e. The topological polar surface area (TPSA) is 75.7 Å². The van der Waals surface area contributed by atoms with Crippen LogP contribution in [-0.4, -0.2) is 33.2 Å². The minimum absolute atomic E-state index is 0.0000694. The van der Waals surface area contributed by atoms with E-state index in [1.54, 1.807) is 18.2 Å². The number of anilines is 2. The van der Waals surface area contributed by atoms with Crippen molar-refractivity contribution in [3.8, 4) is 5.75 Å². The highest BCUT2D eigenvalue weighted by Crippen LogP contribution is 2.32. The molecule has 0 fully saturated rings. The molecule has 1 amide bonds. The number of rotatable bonds is 7. The summed E-state index contributed by atoms with van der Waals surface area (Å²) < 4.78 is 45.3. The molecular weight excluding hydrogens is 383 g/mol. The predicted molar refractivity (Wildman–Crippen MR) is 107 cm³/mol. The van der Waals surface area contributed by atoms with E-state index in [1.807, 2.05) is 13.0 Å². The van der Waals surface area contributed by atoms with Gasteiger partial charge < -0.3 is 10.1 Å². The summed E-state index contributed by atoms with van der Waals surface area (Å²) in [4.78, 5) is 12.2. The van der Waals surface area contributed by atoms with Crippen molar-refractivity contribution in [3.63, 3.8) is 0 Å². The lowest BCUT2D eigenvalue weighted by Crippen LogP contribution is -2.37. The lowest BCUT2D eigenvalue weighted by Gasteiger charge is -2.31. The van der Waals surface area contributed by atoms with E-state index in [0.717, 1.165) is 18.4 Å². The van der Waals surface area contributed by atoms with Crippen molar-refractivity contribution in [1.29, 1.82) is 0 Å². The average Bonchev–Trinajstić information content (AvgIpc) is 2.66. The van der Waals surface area contributed by atoms with Gasteiger partial charge >= 0.3 is 0 Å². The van der Waals surface area contributed by atoms with Gasteiger partial charge in [-0.3, -0.25) is 9.10 Å². The van der Waals surface area contributed by atoms with Gasteiger partial charge in [0.05, 0.1) is 11.4 Å². The number of carbonyl (C=O) groups excluding carboxylic acids is 1. The first-order valence-electron chi connectivity index (χ1n) is 9.21. The molecule has 0 saturated carbocycles. The molecule has 3 rings (SSSR count). The Labute approximate surface area is 164 Å². The minimum atomic E-state index is -3.39. The molecule has 0 spiro atoms. The molecule has 6 nitrogen and oxygen atoms in total. The largest absolute Gasteiger partial charge is 0.481 e. The van der Waals surface area contributed by atoms with Gasteiger partial charge in [0.25, 0.3) is 5.91 Å². The SMILES string of the molecule is CCCS(=O)(=O)N1CCCc2ccc(NC(=O)COc3ccccc3F)cc21. The van der Waals surface area contributed by atoms with Crippen LogP contribution in [0.2, 0.25) is 0 Å². The van der Waals surface area contributed by atoms with Gasteiger partial charge in [-0.15, -0.1) is 0 Å². The standard InChI is InChI=1S/C20H23FN2O4S/c1-2-12-28(25,26)23-11-5-6-15-9-10-16(13-18(15)23)22-20(24)14-27-19-8-4-3-7-17(19)21/h3-4,7-10,13H,2,5-6,11-12,14H2,1H3,(H,22,24). The Kier molecular flexibility index (Phi) is 6.18. The highest BCUT2D eigenvalue weighted by molar-refractivity contribution is 7.92. The molecule has 0 aliphatic carbocycles. The number of para-hydroxylation sites is 1. The molecule has 0 bridgehead atoms. The van der Waals surface area contributed by atoms with Crippen LogP contribution in [-0.2, 0) is 21.2 Å². The van der Waals surface area contributed by atoms with Crippen molar-refractivity contribution in [2.24, 2.45) is 0 Å². The van der Waals surface area contributed by atoms with E-state index in [2.05, 4.69) is 5.32 Å². The zero-order valence-corrected chi connectivity index (χ0v) is 16.5. The van der Waals surface area contributed by atoms with Crippen LogP contribution in [0.5, 0.6) is 5.75 Å². The maximum absolute atomic E-state index is 13.6. The van der Waals surface area contributed by atoms with Crippen LogP contribution < -0.4 is 14.4 Å². The van der Waals surface area contributed by atoms with Gasteiger partial charge in [0.15, 0.2) is 18.2 Å². The first-order chi connectivity index (χ1) is 13.4. The Balaban J connectivity index is 1.72. The van der Waals surface area contributed by atoms with Crippen LogP contribution in [0.3, 0.4) is 0 Å². The molecule has 0 radical (unpaired) electrons. The molecule has 1 aliphatic heterocycles. The van der Waals surface area contributed by atoms with Gasteiger partial charge in [-0.2, -0.15) is 0 Å². The predicted octanol–water partition coefficient (Wildman–Crippen LogP) is 3.34. The van der Waals surface area contributed by atoms with Crippen molar-refractivity contribution in [2.75, 3.05) is 28.5 Å². The number of amides is 1. The number of hydrogen-bond donors (Lipinski definition) is 1. The van der Waals surface area contributed by atoms with Crippen LogP contribution in [0.15, 0.2) is 42.5 Å². The van der Waals surface area contributed by atoms with E-state index < -0.39 is 21.7 Å². The first kappa shape index (κ1) is 20.1. The molecule has 0 atom stereocenters. The highest BCUT2D eigenvalue weighted by Gasteiger charge is 2.27. The van der Waals surface area contributed by atoms with Crippen LogP contribution in [0.4, 0.5) is 15.8 Å². The molecule has 150 valence electrons. The van der Waals surface area contributed by atoms with Gasteiger partial charge in [-0.05, 0) is 49.1 Å². The second-order valence-electron chi connectivity index (χ2n) is 6.60. The number of nitrogens with one attached hydrogen (secondary N) is 1. The zero-order chi connectivity index (χ0) is 20.1. The number of ether oxygens (including phenoxy) is 1. The fourth-order valence-electron chi connectivity index (χ4n) is 3.18. The Morgan fingerprint density at radius 1 is 1.25 bits per heavy atom. The highest BCUT2D eigenvalue weighted by atomic mass is 32.2. The van der Waals surface area contributed by atoms with Gasteiger partial charge in [-0.25, -0.2) is 12.8 Å². The summed E-state index contributed by atoms with van der Waals surface area (Å²) in [7, 11) is -3.39. The molecule has 0 saturated heterocycles. The second kappa shape index (κ2) is 8.60. The number of aryl methyl sites for hydroxylation is 1. The maximum Gasteiger partial charge on any atom is 0.262 e. The summed E-state index contributed by atoms with van der Waals surface area (Å²) in [5.41, 5.74) is 2.01. The Bertz CT molecular complexity index is 962. The summed E-state index contributed by atoms with van der Waals surface area (Å²) in [6, 6.07) is 11.1. The number of nitrogens with zero attached hydrogens (tertiary/aromatic N) is 1.